The second kappa shape index (κ2) is 5.26. The molecule has 0 radical (unpaired) electrons. The van der Waals surface area contributed by atoms with E-state index in [2.05, 4.69) is 15.0 Å². The molecule has 0 unspecified atom stereocenters. The number of nitrogens with zero attached hydrogens (tertiary/aromatic N) is 2. The summed E-state index contributed by atoms with van der Waals surface area (Å²) in [7, 11) is 0. The number of rotatable bonds is 2. The molecule has 0 atom stereocenters. The Morgan fingerprint density at radius 1 is 1.45 bits per heavy atom. The summed E-state index contributed by atoms with van der Waals surface area (Å²) in [6, 6.07) is 2.96. The minimum atomic E-state index is -0.320. The third-order valence-electron chi connectivity index (χ3n) is 3.40. The molecule has 0 aliphatic carbocycles. The van der Waals surface area contributed by atoms with Crippen molar-refractivity contribution in [2.75, 3.05) is 6.54 Å². The van der Waals surface area contributed by atoms with E-state index < -0.39 is 0 Å². The van der Waals surface area contributed by atoms with Crippen molar-refractivity contribution in [3.8, 4) is 0 Å². The van der Waals surface area contributed by atoms with Gasteiger partial charge in [-0.2, -0.15) is 0 Å². The molecule has 3 rings (SSSR count). The van der Waals surface area contributed by atoms with Crippen molar-refractivity contribution in [3.63, 3.8) is 0 Å². The maximum atomic E-state index is 13.6. The van der Waals surface area contributed by atoms with E-state index in [0.29, 0.717) is 35.5 Å². The zero-order chi connectivity index (χ0) is 14.1. The molecule has 0 amide bonds. The largest absolute Gasteiger partial charge is 0.335 e. The van der Waals surface area contributed by atoms with E-state index in [-0.39, 0.29) is 11.4 Å². The van der Waals surface area contributed by atoms with E-state index in [1.54, 1.807) is 12.3 Å². The predicted octanol–water partition coefficient (Wildman–Crippen LogP) is 1.52. The Morgan fingerprint density at radius 2 is 2.30 bits per heavy atom. The van der Waals surface area contributed by atoms with Gasteiger partial charge < -0.3 is 4.98 Å². The number of aromatic amines is 2. The highest BCUT2D eigenvalue weighted by Gasteiger charge is 2.20. The summed E-state index contributed by atoms with van der Waals surface area (Å²) in [5.41, 5.74) is 1.77. The zero-order valence-electron chi connectivity index (χ0n) is 10.6. The summed E-state index contributed by atoms with van der Waals surface area (Å²) < 4.78 is 13.9. The van der Waals surface area contributed by atoms with Crippen molar-refractivity contribution >= 4 is 12.2 Å². The molecule has 2 aromatic rings. The van der Waals surface area contributed by atoms with Crippen LogP contribution in [0.1, 0.15) is 17.0 Å². The lowest BCUT2D eigenvalue weighted by Crippen LogP contribution is -2.35. The van der Waals surface area contributed by atoms with Crippen molar-refractivity contribution in [2.45, 2.75) is 19.5 Å². The average Bonchev–Trinajstić information content (AvgIpc) is 2.42. The van der Waals surface area contributed by atoms with Gasteiger partial charge in [-0.1, -0.05) is 0 Å². The van der Waals surface area contributed by atoms with Crippen LogP contribution in [0.25, 0.3) is 0 Å². The van der Waals surface area contributed by atoms with Gasteiger partial charge in [0.15, 0.2) is 4.77 Å². The van der Waals surface area contributed by atoms with Gasteiger partial charge in [0.2, 0.25) is 0 Å². The fourth-order valence-corrected chi connectivity index (χ4v) is 2.61. The summed E-state index contributed by atoms with van der Waals surface area (Å²) in [5, 5.41) is 0. The molecule has 0 aromatic carbocycles. The summed E-state index contributed by atoms with van der Waals surface area (Å²) in [5.74, 6) is -0.320. The third kappa shape index (κ3) is 2.54. The minimum absolute atomic E-state index is 0.171. The number of hydrogen-bond acceptors (Lipinski definition) is 4. The summed E-state index contributed by atoms with van der Waals surface area (Å²) in [4.78, 5) is 23.5. The molecule has 20 heavy (non-hydrogen) atoms. The first kappa shape index (κ1) is 13.1. The first-order valence-corrected chi connectivity index (χ1v) is 6.70. The molecule has 1 aliphatic rings. The number of hydrogen-bond donors (Lipinski definition) is 2. The van der Waals surface area contributed by atoms with Crippen LogP contribution in [0, 0.1) is 10.6 Å². The Balaban J connectivity index is 1.84. The molecule has 7 heteroatoms. The molecule has 2 N–H and O–H groups in total. The molecular formula is C13H13FN4OS. The molecule has 5 nitrogen and oxygen atoms in total. The molecule has 0 saturated carbocycles. The van der Waals surface area contributed by atoms with Crippen LogP contribution < -0.4 is 5.56 Å². The summed E-state index contributed by atoms with van der Waals surface area (Å²) >= 11 is 4.95. The van der Waals surface area contributed by atoms with Crippen molar-refractivity contribution in [3.05, 3.63) is 56.2 Å². The Kier molecular flexibility index (Phi) is 3.45. The molecule has 0 fully saturated rings. The number of fused-ring (bicyclic) bond motifs is 1. The Bertz CT molecular complexity index is 755. The van der Waals surface area contributed by atoms with Crippen molar-refractivity contribution < 1.29 is 4.39 Å². The van der Waals surface area contributed by atoms with Gasteiger partial charge >= 0.3 is 0 Å². The number of halogens is 1. The van der Waals surface area contributed by atoms with Crippen LogP contribution >= 0.6 is 12.2 Å². The van der Waals surface area contributed by atoms with Gasteiger partial charge in [-0.15, -0.1) is 0 Å². The van der Waals surface area contributed by atoms with Gasteiger partial charge in [0.1, 0.15) is 5.82 Å². The van der Waals surface area contributed by atoms with Gasteiger partial charge in [0.05, 0.1) is 11.3 Å². The predicted molar refractivity (Wildman–Crippen MR) is 74.3 cm³/mol. The molecule has 0 bridgehead atoms. The highest BCUT2D eigenvalue weighted by Crippen LogP contribution is 2.16. The second-order valence-electron chi connectivity index (χ2n) is 4.76. The number of nitrogens with one attached hydrogen (secondary N) is 2. The lowest BCUT2D eigenvalue weighted by atomic mass is 10.1. The highest BCUT2D eigenvalue weighted by atomic mass is 32.1. The molecule has 0 saturated heterocycles. The van der Waals surface area contributed by atoms with Gasteiger partial charge in [-0.05, 0) is 24.4 Å². The van der Waals surface area contributed by atoms with Crippen LogP contribution in [-0.2, 0) is 19.5 Å². The van der Waals surface area contributed by atoms with Crippen molar-refractivity contribution in [1.82, 2.24) is 19.9 Å². The van der Waals surface area contributed by atoms with Gasteiger partial charge in [-0.25, -0.2) is 4.39 Å². The normalized spacial score (nSPS) is 15.1. The fraction of sp³-hybridized carbons (Fsp3) is 0.308. The maximum Gasteiger partial charge on any atom is 0.256 e. The first-order valence-electron chi connectivity index (χ1n) is 6.29. The third-order valence-corrected chi connectivity index (χ3v) is 3.60. The van der Waals surface area contributed by atoms with Crippen LogP contribution in [0.5, 0.6) is 0 Å². The molecule has 2 aromatic heterocycles. The summed E-state index contributed by atoms with van der Waals surface area (Å²) in [6.07, 6.45) is 2.26. The quantitative estimate of drug-likeness (QED) is 0.824. The Labute approximate surface area is 119 Å². The van der Waals surface area contributed by atoms with Gasteiger partial charge in [0.25, 0.3) is 5.56 Å². The lowest BCUT2D eigenvalue weighted by molar-refractivity contribution is 0.235. The molecular weight excluding hydrogens is 279 g/mol. The first-order chi connectivity index (χ1) is 9.63. The molecule has 104 valence electrons. The van der Waals surface area contributed by atoms with Crippen LogP contribution in [0.3, 0.4) is 0 Å². The Hall–Kier alpha value is -1.86. The molecule has 3 heterocycles. The maximum absolute atomic E-state index is 13.6. The topological polar surface area (TPSA) is 64.8 Å². The monoisotopic (exact) mass is 292 g/mol. The van der Waals surface area contributed by atoms with Crippen LogP contribution in [0.15, 0.2) is 23.1 Å². The number of aromatic nitrogens is 3. The Morgan fingerprint density at radius 3 is 3.10 bits per heavy atom. The number of pyridine rings is 1. The van der Waals surface area contributed by atoms with Crippen LogP contribution in [-0.4, -0.2) is 26.4 Å². The standard InChI is InChI=1S/C13H13FN4OS/c14-9-2-1-4-15-11(9)7-18-5-3-10-8(6-18)12(19)17-13(20)16-10/h1-2,4H,3,5-7H2,(H2,16,17,19,20). The van der Waals surface area contributed by atoms with Gasteiger partial charge in [0, 0.05) is 37.9 Å². The molecule has 0 spiro atoms. The van der Waals surface area contributed by atoms with Crippen LogP contribution in [0.2, 0.25) is 0 Å². The molecule has 1 aliphatic heterocycles. The van der Waals surface area contributed by atoms with E-state index in [0.717, 1.165) is 12.2 Å². The van der Waals surface area contributed by atoms with Crippen molar-refractivity contribution in [2.24, 2.45) is 0 Å². The number of H-pyrrole nitrogens is 2. The SMILES string of the molecule is O=c1[nH]c(=S)[nH]c2c1CN(Cc1ncccc1F)CC2. The van der Waals surface area contributed by atoms with Crippen LogP contribution in [0.4, 0.5) is 4.39 Å². The van der Waals surface area contributed by atoms with E-state index in [9.17, 15) is 9.18 Å². The highest BCUT2D eigenvalue weighted by molar-refractivity contribution is 7.71. The summed E-state index contributed by atoms with van der Waals surface area (Å²) in [6.45, 7) is 1.59. The lowest BCUT2D eigenvalue weighted by Gasteiger charge is -2.27. The van der Waals surface area contributed by atoms with Gasteiger partial charge in [-0.3, -0.25) is 19.7 Å². The van der Waals surface area contributed by atoms with E-state index in [4.69, 9.17) is 12.2 Å². The smallest absolute Gasteiger partial charge is 0.256 e. The van der Waals surface area contributed by atoms with E-state index in [1.165, 1.54) is 6.07 Å². The van der Waals surface area contributed by atoms with E-state index in [1.807, 2.05) is 4.90 Å². The van der Waals surface area contributed by atoms with E-state index >= 15 is 0 Å². The second-order valence-corrected chi connectivity index (χ2v) is 5.17. The average molecular weight is 292 g/mol. The minimum Gasteiger partial charge on any atom is -0.335 e. The van der Waals surface area contributed by atoms with Crippen molar-refractivity contribution in [1.29, 1.82) is 0 Å². The zero-order valence-corrected chi connectivity index (χ0v) is 11.5. The fourth-order valence-electron chi connectivity index (χ4n) is 2.39.